The lowest BCUT2D eigenvalue weighted by Crippen LogP contribution is -2.39. The van der Waals surface area contributed by atoms with Crippen LogP contribution in [0.2, 0.25) is 0 Å². The van der Waals surface area contributed by atoms with E-state index < -0.39 is 18.0 Å². The molecule has 18 heavy (non-hydrogen) atoms. The number of ketones is 1. The molecule has 0 aliphatic carbocycles. The first-order chi connectivity index (χ1) is 8.63. The lowest BCUT2D eigenvalue weighted by Gasteiger charge is -2.30. The molecule has 0 bridgehead atoms. The summed E-state index contributed by atoms with van der Waals surface area (Å²) in [5.74, 6) is -1.10. The van der Waals surface area contributed by atoms with Crippen molar-refractivity contribution in [3.8, 4) is 0 Å². The molecule has 5 nitrogen and oxygen atoms in total. The number of rotatable bonds is 2. The number of hydrogen-bond acceptors (Lipinski definition) is 5. The van der Waals surface area contributed by atoms with Crippen LogP contribution in [0.5, 0.6) is 0 Å². The summed E-state index contributed by atoms with van der Waals surface area (Å²) >= 11 is 0. The minimum Gasteiger partial charge on any atom is -0.465 e. The predicted molar refractivity (Wildman–Crippen MR) is 64.7 cm³/mol. The molecule has 1 N–H and O–H groups in total. The van der Waals surface area contributed by atoms with E-state index in [9.17, 15) is 14.7 Å². The Hall–Kier alpha value is -2.14. The van der Waals surface area contributed by atoms with Crippen molar-refractivity contribution >= 4 is 17.4 Å². The molecular weight excluding hydrogens is 234 g/mol. The van der Waals surface area contributed by atoms with Gasteiger partial charge >= 0.3 is 5.97 Å². The molecule has 1 unspecified atom stereocenters. The Kier molecular flexibility index (Phi) is 3.43. The van der Waals surface area contributed by atoms with Gasteiger partial charge in [0, 0.05) is 11.9 Å². The van der Waals surface area contributed by atoms with Gasteiger partial charge in [-0.2, -0.15) is 0 Å². The lowest BCUT2D eigenvalue weighted by atomic mass is 10.0. The standard InChI is InChI=1S/C13H13NO4/c1-18-13(17)10-8-14(12(16)7-11(10)15)9-5-3-2-4-6-9/h2-6,8,12,16H,7H2,1H3. The maximum Gasteiger partial charge on any atom is 0.343 e. The number of methoxy groups -OCH3 is 1. The van der Waals surface area contributed by atoms with Gasteiger partial charge in [0.05, 0.1) is 13.5 Å². The second kappa shape index (κ2) is 5.01. The molecule has 0 amide bonds. The number of aliphatic hydroxyl groups excluding tert-OH is 1. The number of carbonyl (C=O) groups is 2. The third-order valence-corrected chi connectivity index (χ3v) is 2.72. The minimum absolute atomic E-state index is 0.0494. The zero-order valence-corrected chi connectivity index (χ0v) is 9.87. The molecular formula is C13H13NO4. The Morgan fingerprint density at radius 3 is 2.67 bits per heavy atom. The number of nitrogens with zero attached hydrogens (tertiary/aromatic N) is 1. The van der Waals surface area contributed by atoms with Crippen LogP contribution in [-0.4, -0.2) is 30.2 Å². The van der Waals surface area contributed by atoms with Crippen LogP contribution in [0.3, 0.4) is 0 Å². The average molecular weight is 247 g/mol. The van der Waals surface area contributed by atoms with Crippen LogP contribution in [-0.2, 0) is 14.3 Å². The van der Waals surface area contributed by atoms with Crippen molar-refractivity contribution in [3.05, 3.63) is 42.1 Å². The summed E-state index contributed by atoms with van der Waals surface area (Å²) in [6.07, 6.45) is 0.237. The Bertz CT molecular complexity index is 495. The number of aliphatic hydroxyl groups is 1. The highest BCUT2D eigenvalue weighted by atomic mass is 16.5. The monoisotopic (exact) mass is 247 g/mol. The van der Waals surface area contributed by atoms with Crippen LogP contribution in [0.1, 0.15) is 6.42 Å². The summed E-state index contributed by atoms with van der Waals surface area (Å²) in [5.41, 5.74) is 0.658. The van der Waals surface area contributed by atoms with Crippen molar-refractivity contribution in [1.82, 2.24) is 0 Å². The molecule has 0 saturated heterocycles. The molecule has 0 saturated carbocycles. The van der Waals surface area contributed by atoms with Gasteiger partial charge in [0.25, 0.3) is 0 Å². The van der Waals surface area contributed by atoms with E-state index in [1.165, 1.54) is 18.2 Å². The number of carbonyl (C=O) groups excluding carboxylic acids is 2. The van der Waals surface area contributed by atoms with E-state index in [1.54, 1.807) is 12.1 Å². The molecule has 0 aromatic heterocycles. The van der Waals surface area contributed by atoms with Gasteiger partial charge in [-0.3, -0.25) is 4.79 Å². The fourth-order valence-electron chi connectivity index (χ4n) is 1.79. The third-order valence-electron chi connectivity index (χ3n) is 2.72. The first-order valence-corrected chi connectivity index (χ1v) is 5.48. The highest BCUT2D eigenvalue weighted by Crippen LogP contribution is 2.24. The normalized spacial score (nSPS) is 19.4. The van der Waals surface area contributed by atoms with E-state index >= 15 is 0 Å². The van der Waals surface area contributed by atoms with Crippen molar-refractivity contribution in [1.29, 1.82) is 0 Å². The first kappa shape index (κ1) is 12.3. The number of anilines is 1. The van der Waals surface area contributed by atoms with Gasteiger partial charge in [-0.1, -0.05) is 18.2 Å². The van der Waals surface area contributed by atoms with Crippen molar-refractivity contribution in [2.75, 3.05) is 12.0 Å². The molecule has 0 fully saturated rings. The first-order valence-electron chi connectivity index (χ1n) is 5.48. The summed E-state index contributed by atoms with van der Waals surface area (Å²) in [4.78, 5) is 24.5. The zero-order valence-electron chi connectivity index (χ0n) is 9.87. The number of benzene rings is 1. The smallest absolute Gasteiger partial charge is 0.343 e. The van der Waals surface area contributed by atoms with Gasteiger partial charge in [0.2, 0.25) is 0 Å². The molecule has 1 aliphatic rings. The lowest BCUT2D eigenvalue weighted by molar-refractivity contribution is -0.138. The fourth-order valence-corrected chi connectivity index (χ4v) is 1.79. The molecule has 2 rings (SSSR count). The summed E-state index contributed by atoms with van der Waals surface area (Å²) in [6.45, 7) is 0. The summed E-state index contributed by atoms with van der Waals surface area (Å²) in [5, 5.41) is 9.87. The SMILES string of the molecule is COC(=O)C1=CN(c2ccccc2)C(O)CC1=O. The van der Waals surface area contributed by atoms with Crippen molar-refractivity contribution in [3.63, 3.8) is 0 Å². The Balaban J connectivity index is 2.38. The molecule has 5 heteroatoms. The minimum atomic E-state index is -0.965. The largest absolute Gasteiger partial charge is 0.465 e. The number of esters is 1. The van der Waals surface area contributed by atoms with Gasteiger partial charge in [-0.15, -0.1) is 0 Å². The Morgan fingerprint density at radius 2 is 2.06 bits per heavy atom. The molecule has 1 aliphatic heterocycles. The molecule has 94 valence electrons. The topological polar surface area (TPSA) is 66.8 Å². The Labute approximate surface area is 104 Å². The zero-order chi connectivity index (χ0) is 13.1. The van der Waals surface area contributed by atoms with Gasteiger partial charge < -0.3 is 14.7 Å². The summed E-state index contributed by atoms with van der Waals surface area (Å²) < 4.78 is 4.54. The van der Waals surface area contributed by atoms with Crippen LogP contribution in [0.4, 0.5) is 5.69 Å². The summed E-state index contributed by atoms with van der Waals surface area (Å²) in [6, 6.07) is 9.03. The van der Waals surface area contributed by atoms with E-state index in [0.717, 1.165) is 0 Å². The second-order valence-corrected chi connectivity index (χ2v) is 3.89. The Morgan fingerprint density at radius 1 is 1.39 bits per heavy atom. The van der Waals surface area contributed by atoms with Crippen LogP contribution in [0.15, 0.2) is 42.1 Å². The highest BCUT2D eigenvalue weighted by Gasteiger charge is 2.30. The predicted octanol–water partition coefficient (Wildman–Crippen LogP) is 0.841. The second-order valence-electron chi connectivity index (χ2n) is 3.89. The van der Waals surface area contributed by atoms with Gasteiger partial charge in [-0.05, 0) is 12.1 Å². The molecule has 0 radical (unpaired) electrons. The van der Waals surface area contributed by atoms with E-state index in [4.69, 9.17) is 0 Å². The molecule has 0 spiro atoms. The maximum atomic E-state index is 11.6. The average Bonchev–Trinajstić information content (AvgIpc) is 2.39. The molecule has 1 heterocycles. The number of hydrogen-bond donors (Lipinski definition) is 1. The number of Topliss-reactive ketones (excluding diaryl/α,β-unsaturated/α-hetero) is 1. The van der Waals surface area contributed by atoms with Gasteiger partial charge in [-0.25, -0.2) is 4.79 Å². The molecule has 1 atom stereocenters. The molecule has 1 aromatic carbocycles. The number of para-hydroxylation sites is 1. The molecule has 1 aromatic rings. The quantitative estimate of drug-likeness (QED) is 0.619. The van der Waals surface area contributed by atoms with Crippen LogP contribution >= 0.6 is 0 Å². The van der Waals surface area contributed by atoms with E-state index in [0.29, 0.717) is 5.69 Å². The fraction of sp³-hybridized carbons (Fsp3) is 0.231. The number of ether oxygens (including phenoxy) is 1. The van der Waals surface area contributed by atoms with Crippen LogP contribution in [0, 0.1) is 0 Å². The maximum absolute atomic E-state index is 11.6. The highest BCUT2D eigenvalue weighted by molar-refractivity contribution is 6.18. The van der Waals surface area contributed by atoms with E-state index in [2.05, 4.69) is 4.74 Å². The van der Waals surface area contributed by atoms with Gasteiger partial charge in [0.1, 0.15) is 11.8 Å². The van der Waals surface area contributed by atoms with Crippen LogP contribution in [0.25, 0.3) is 0 Å². The van der Waals surface area contributed by atoms with Gasteiger partial charge in [0.15, 0.2) is 5.78 Å². The van der Waals surface area contributed by atoms with E-state index in [-0.39, 0.29) is 12.0 Å². The van der Waals surface area contributed by atoms with Crippen molar-refractivity contribution in [2.24, 2.45) is 0 Å². The van der Waals surface area contributed by atoms with E-state index in [1.807, 2.05) is 18.2 Å². The third kappa shape index (κ3) is 2.26. The van der Waals surface area contributed by atoms with Crippen molar-refractivity contribution in [2.45, 2.75) is 12.6 Å². The summed E-state index contributed by atoms with van der Waals surface area (Å²) in [7, 11) is 1.22. The van der Waals surface area contributed by atoms with Crippen LogP contribution < -0.4 is 4.90 Å². The van der Waals surface area contributed by atoms with Crippen molar-refractivity contribution < 1.29 is 19.4 Å².